The molecule has 0 fully saturated rings. The SMILES string of the molecule is COc1cccc(/C=N\NC(=O)CN(Cc2ccc(Br)cc2)S(=O)(=O)c2ccccc2)c1. The van der Waals surface area contributed by atoms with Crippen LogP contribution in [0.5, 0.6) is 5.75 Å². The van der Waals surface area contributed by atoms with Gasteiger partial charge in [0.2, 0.25) is 10.0 Å². The lowest BCUT2D eigenvalue weighted by Crippen LogP contribution is -2.39. The Morgan fingerprint density at radius 1 is 1.06 bits per heavy atom. The van der Waals surface area contributed by atoms with Gasteiger partial charge in [-0.25, -0.2) is 13.8 Å². The molecule has 1 N–H and O–H groups in total. The van der Waals surface area contributed by atoms with Gasteiger partial charge in [-0.3, -0.25) is 4.79 Å². The highest BCUT2D eigenvalue weighted by molar-refractivity contribution is 9.10. The van der Waals surface area contributed by atoms with E-state index in [1.54, 1.807) is 61.7 Å². The molecule has 7 nitrogen and oxygen atoms in total. The van der Waals surface area contributed by atoms with Gasteiger partial charge >= 0.3 is 0 Å². The van der Waals surface area contributed by atoms with Gasteiger partial charge in [-0.05, 0) is 47.5 Å². The second-order valence-corrected chi connectivity index (χ2v) is 9.64. The Balaban J connectivity index is 1.76. The molecule has 0 aliphatic carbocycles. The molecule has 0 saturated carbocycles. The number of amides is 1. The average molecular weight is 516 g/mol. The maximum absolute atomic E-state index is 13.2. The summed E-state index contributed by atoms with van der Waals surface area (Å²) in [6.07, 6.45) is 1.46. The fourth-order valence-corrected chi connectivity index (χ4v) is 4.53. The van der Waals surface area contributed by atoms with Crippen LogP contribution in [0.2, 0.25) is 0 Å². The van der Waals surface area contributed by atoms with Crippen LogP contribution in [0.1, 0.15) is 11.1 Å². The Morgan fingerprint density at radius 3 is 2.47 bits per heavy atom. The van der Waals surface area contributed by atoms with E-state index in [9.17, 15) is 13.2 Å². The van der Waals surface area contributed by atoms with Gasteiger partial charge in [0.1, 0.15) is 5.75 Å². The zero-order valence-corrected chi connectivity index (χ0v) is 19.7. The van der Waals surface area contributed by atoms with Crippen molar-refractivity contribution in [3.05, 3.63) is 94.5 Å². The Morgan fingerprint density at radius 2 is 1.78 bits per heavy atom. The Kier molecular flexibility index (Phi) is 8.15. The molecule has 0 atom stereocenters. The first kappa shape index (κ1) is 23.6. The number of benzene rings is 3. The summed E-state index contributed by atoms with van der Waals surface area (Å²) in [6, 6.07) is 22.4. The topological polar surface area (TPSA) is 88.1 Å². The largest absolute Gasteiger partial charge is 0.497 e. The fraction of sp³-hybridized carbons (Fsp3) is 0.130. The van der Waals surface area contributed by atoms with Crippen molar-refractivity contribution in [3.8, 4) is 5.75 Å². The van der Waals surface area contributed by atoms with Gasteiger partial charge < -0.3 is 4.74 Å². The van der Waals surface area contributed by atoms with Crippen LogP contribution in [0.15, 0.2) is 93.3 Å². The first-order valence-corrected chi connectivity index (χ1v) is 11.9. The molecule has 0 aliphatic heterocycles. The summed E-state index contributed by atoms with van der Waals surface area (Å²) in [7, 11) is -2.34. The maximum Gasteiger partial charge on any atom is 0.255 e. The van der Waals surface area contributed by atoms with Crippen molar-refractivity contribution in [1.29, 1.82) is 0 Å². The first-order chi connectivity index (χ1) is 15.4. The molecule has 0 bridgehead atoms. The van der Waals surface area contributed by atoms with E-state index in [0.29, 0.717) is 5.75 Å². The van der Waals surface area contributed by atoms with Crippen molar-refractivity contribution < 1.29 is 17.9 Å². The van der Waals surface area contributed by atoms with Crippen molar-refractivity contribution in [2.75, 3.05) is 13.7 Å². The molecule has 0 radical (unpaired) electrons. The predicted molar refractivity (Wildman–Crippen MR) is 127 cm³/mol. The van der Waals surface area contributed by atoms with Crippen LogP contribution in [0.4, 0.5) is 0 Å². The molecule has 166 valence electrons. The Hall–Kier alpha value is -3.01. The van der Waals surface area contributed by atoms with Crippen LogP contribution in [0, 0.1) is 0 Å². The number of hydrazone groups is 1. The quantitative estimate of drug-likeness (QED) is 0.346. The molecule has 0 unspecified atom stereocenters. The number of nitrogens with one attached hydrogen (secondary N) is 1. The Bertz CT molecular complexity index is 1180. The fourth-order valence-electron chi connectivity index (χ4n) is 2.86. The summed E-state index contributed by atoms with van der Waals surface area (Å²) in [6.45, 7) is -0.347. The van der Waals surface area contributed by atoms with E-state index in [-0.39, 0.29) is 18.0 Å². The normalized spacial score (nSPS) is 11.6. The van der Waals surface area contributed by atoms with Crippen LogP contribution in [-0.4, -0.2) is 38.5 Å². The van der Waals surface area contributed by atoms with Crippen LogP contribution in [0.3, 0.4) is 0 Å². The number of sulfonamides is 1. The van der Waals surface area contributed by atoms with Crippen molar-refractivity contribution in [1.82, 2.24) is 9.73 Å². The lowest BCUT2D eigenvalue weighted by atomic mass is 10.2. The van der Waals surface area contributed by atoms with Gasteiger partial charge in [-0.2, -0.15) is 9.41 Å². The van der Waals surface area contributed by atoms with Gasteiger partial charge in [-0.1, -0.05) is 58.4 Å². The Labute approximate surface area is 195 Å². The minimum Gasteiger partial charge on any atom is -0.497 e. The molecule has 9 heteroatoms. The van der Waals surface area contributed by atoms with Crippen molar-refractivity contribution in [2.45, 2.75) is 11.4 Å². The van der Waals surface area contributed by atoms with Crippen molar-refractivity contribution >= 4 is 38.1 Å². The standard InChI is InChI=1S/C23H22BrN3O4S/c1-31-21-7-5-6-19(14-21)15-25-26-23(28)17-27(16-18-10-12-20(24)13-11-18)32(29,30)22-8-3-2-4-9-22/h2-15H,16-17H2,1H3,(H,26,28)/b25-15-. The minimum atomic E-state index is -3.90. The van der Waals surface area contributed by atoms with E-state index in [4.69, 9.17) is 4.74 Å². The highest BCUT2D eigenvalue weighted by Crippen LogP contribution is 2.19. The molecule has 32 heavy (non-hydrogen) atoms. The minimum absolute atomic E-state index is 0.0392. The third kappa shape index (κ3) is 6.49. The molecular weight excluding hydrogens is 494 g/mol. The smallest absolute Gasteiger partial charge is 0.255 e. The predicted octanol–water partition coefficient (Wildman–Crippen LogP) is 3.80. The first-order valence-electron chi connectivity index (χ1n) is 9.64. The van der Waals surface area contributed by atoms with Gasteiger partial charge in [0, 0.05) is 11.0 Å². The number of methoxy groups -OCH3 is 1. The number of hydrogen-bond acceptors (Lipinski definition) is 5. The number of carbonyl (C=O) groups is 1. The summed E-state index contributed by atoms with van der Waals surface area (Å²) < 4.78 is 33.5. The highest BCUT2D eigenvalue weighted by Gasteiger charge is 2.26. The molecule has 0 spiro atoms. The van der Waals surface area contributed by atoms with E-state index < -0.39 is 15.9 Å². The number of hydrogen-bond donors (Lipinski definition) is 1. The number of rotatable bonds is 9. The number of halogens is 1. The molecule has 0 heterocycles. The third-order valence-corrected chi connectivity index (χ3v) is 6.80. The van der Waals surface area contributed by atoms with Crippen LogP contribution in [0.25, 0.3) is 0 Å². The van der Waals surface area contributed by atoms with Crippen molar-refractivity contribution in [2.24, 2.45) is 5.10 Å². The lowest BCUT2D eigenvalue weighted by Gasteiger charge is -2.21. The van der Waals surface area contributed by atoms with Crippen LogP contribution < -0.4 is 10.2 Å². The molecule has 3 rings (SSSR count). The number of nitrogens with zero attached hydrogens (tertiary/aromatic N) is 2. The second kappa shape index (κ2) is 11.0. The second-order valence-electron chi connectivity index (χ2n) is 6.78. The average Bonchev–Trinajstić information content (AvgIpc) is 2.80. The van der Waals surface area contributed by atoms with E-state index in [2.05, 4.69) is 26.5 Å². The molecule has 0 aromatic heterocycles. The van der Waals surface area contributed by atoms with Gasteiger partial charge in [-0.15, -0.1) is 0 Å². The number of carbonyl (C=O) groups excluding carboxylic acids is 1. The molecule has 0 aliphatic rings. The van der Waals surface area contributed by atoms with E-state index >= 15 is 0 Å². The summed E-state index contributed by atoms with van der Waals surface area (Å²) >= 11 is 3.37. The van der Waals surface area contributed by atoms with Gasteiger partial charge in [0.05, 0.1) is 24.8 Å². The van der Waals surface area contributed by atoms with Gasteiger partial charge in [0.15, 0.2) is 0 Å². The zero-order chi connectivity index (χ0) is 23.0. The van der Waals surface area contributed by atoms with Crippen molar-refractivity contribution in [3.63, 3.8) is 0 Å². The maximum atomic E-state index is 13.2. The summed E-state index contributed by atoms with van der Waals surface area (Å²) in [5, 5.41) is 3.94. The summed E-state index contributed by atoms with van der Waals surface area (Å²) in [5.74, 6) is 0.107. The van der Waals surface area contributed by atoms with Crippen LogP contribution in [-0.2, 0) is 21.4 Å². The molecule has 3 aromatic rings. The molecule has 3 aromatic carbocycles. The monoisotopic (exact) mass is 515 g/mol. The summed E-state index contributed by atoms with van der Waals surface area (Å²) in [5.41, 5.74) is 3.87. The summed E-state index contributed by atoms with van der Waals surface area (Å²) in [4.78, 5) is 12.6. The van der Waals surface area contributed by atoms with Crippen LogP contribution >= 0.6 is 15.9 Å². The molecule has 1 amide bonds. The van der Waals surface area contributed by atoms with E-state index in [0.717, 1.165) is 19.9 Å². The third-order valence-electron chi connectivity index (χ3n) is 4.47. The zero-order valence-electron chi connectivity index (χ0n) is 17.3. The number of ether oxygens (including phenoxy) is 1. The highest BCUT2D eigenvalue weighted by atomic mass is 79.9. The molecule has 0 saturated heterocycles. The lowest BCUT2D eigenvalue weighted by molar-refractivity contribution is -0.121. The van der Waals surface area contributed by atoms with E-state index in [1.165, 1.54) is 18.3 Å². The van der Waals surface area contributed by atoms with E-state index in [1.807, 2.05) is 12.1 Å². The molecular formula is C23H22BrN3O4S. The van der Waals surface area contributed by atoms with Gasteiger partial charge in [0.25, 0.3) is 5.91 Å².